The molecule has 164 valence electrons. The average molecular weight is 421 g/mol. The van der Waals surface area contributed by atoms with Crippen molar-refractivity contribution < 1.29 is 14.3 Å². The Balaban J connectivity index is 1.52. The lowest BCUT2D eigenvalue weighted by Gasteiger charge is -2.41. The van der Waals surface area contributed by atoms with Crippen LogP contribution in [0.15, 0.2) is 66.2 Å². The molecule has 2 aliphatic rings. The number of nitrogens with zero attached hydrogens (tertiary/aromatic N) is 1. The first-order valence-corrected chi connectivity index (χ1v) is 11.0. The topological polar surface area (TPSA) is 50.8 Å². The summed E-state index contributed by atoms with van der Waals surface area (Å²) in [6.07, 6.45) is 1.34. The molecule has 0 saturated carbocycles. The summed E-state index contributed by atoms with van der Waals surface area (Å²) in [7, 11) is 0. The van der Waals surface area contributed by atoms with Crippen LogP contribution >= 0.6 is 0 Å². The van der Waals surface area contributed by atoms with Gasteiger partial charge in [-0.25, -0.2) is 0 Å². The van der Waals surface area contributed by atoms with E-state index in [0.29, 0.717) is 19.8 Å². The molecule has 5 nitrogen and oxygen atoms in total. The number of carbonyl (C=O) groups is 1. The van der Waals surface area contributed by atoms with Crippen molar-refractivity contribution in [3.63, 3.8) is 0 Å². The van der Waals surface area contributed by atoms with Crippen molar-refractivity contribution in [3.8, 4) is 0 Å². The van der Waals surface area contributed by atoms with E-state index >= 15 is 0 Å². The zero-order valence-electron chi connectivity index (χ0n) is 18.6. The van der Waals surface area contributed by atoms with Gasteiger partial charge in [-0.05, 0) is 27.7 Å². The Labute approximate surface area is 185 Å². The Bertz CT molecular complexity index is 933. The number of ether oxygens (including phenoxy) is 2. The van der Waals surface area contributed by atoms with Gasteiger partial charge in [0.1, 0.15) is 0 Å². The Morgan fingerprint density at radius 1 is 1.13 bits per heavy atom. The molecular formula is C26H32N2O3. The molecule has 0 aromatic heterocycles. The smallest absolute Gasteiger partial charge is 0.244 e. The minimum absolute atomic E-state index is 0.00829. The fourth-order valence-electron chi connectivity index (χ4n) is 4.18. The monoisotopic (exact) mass is 420 g/mol. The molecule has 2 aromatic rings. The van der Waals surface area contributed by atoms with Crippen molar-refractivity contribution in [2.24, 2.45) is 0 Å². The van der Waals surface area contributed by atoms with Crippen LogP contribution in [0.5, 0.6) is 0 Å². The molecule has 2 aliphatic heterocycles. The van der Waals surface area contributed by atoms with Gasteiger partial charge < -0.3 is 14.8 Å². The number of carbonyl (C=O) groups excluding carboxylic acids is 1. The molecule has 2 aromatic carbocycles. The van der Waals surface area contributed by atoms with Gasteiger partial charge in [0, 0.05) is 25.7 Å². The van der Waals surface area contributed by atoms with Crippen molar-refractivity contribution in [1.29, 1.82) is 0 Å². The zero-order valence-corrected chi connectivity index (χ0v) is 18.6. The Kier molecular flexibility index (Phi) is 6.56. The van der Waals surface area contributed by atoms with E-state index in [4.69, 9.17) is 9.47 Å². The molecule has 0 aliphatic carbocycles. The van der Waals surface area contributed by atoms with E-state index in [2.05, 4.69) is 67.4 Å². The van der Waals surface area contributed by atoms with Crippen LogP contribution in [0.4, 0.5) is 0 Å². The van der Waals surface area contributed by atoms with Crippen molar-refractivity contribution in [3.05, 3.63) is 82.9 Å². The lowest BCUT2D eigenvalue weighted by atomic mass is 9.86. The van der Waals surface area contributed by atoms with E-state index in [9.17, 15) is 4.79 Å². The van der Waals surface area contributed by atoms with Gasteiger partial charge in [0.2, 0.25) is 5.91 Å². The number of amides is 1. The fraction of sp³-hybridized carbons (Fsp3) is 0.423. The van der Waals surface area contributed by atoms with Crippen LogP contribution in [0.25, 0.3) is 0 Å². The normalized spacial score (nSPS) is 22.3. The molecule has 2 atom stereocenters. The van der Waals surface area contributed by atoms with Crippen LogP contribution in [0.1, 0.15) is 43.5 Å². The van der Waals surface area contributed by atoms with Crippen LogP contribution in [-0.4, -0.2) is 43.3 Å². The summed E-state index contributed by atoms with van der Waals surface area (Å²) >= 11 is 0. The number of benzene rings is 2. The SMILES string of the molecule is CC(C)(C)c1cccc(CO[C@H]2OCCN(CC3=CC(=O)NC3)[C@H]2c2ccccc2)c1. The second-order valence-corrected chi connectivity index (χ2v) is 9.35. The quantitative estimate of drug-likeness (QED) is 0.769. The van der Waals surface area contributed by atoms with Crippen LogP contribution in [0, 0.1) is 0 Å². The molecule has 1 amide bonds. The fourth-order valence-corrected chi connectivity index (χ4v) is 4.18. The predicted octanol–water partition coefficient (Wildman–Crippen LogP) is 3.96. The summed E-state index contributed by atoms with van der Waals surface area (Å²) < 4.78 is 12.5. The Hall–Kier alpha value is -2.47. The highest BCUT2D eigenvalue weighted by atomic mass is 16.7. The van der Waals surface area contributed by atoms with Gasteiger partial charge in [0.05, 0.1) is 19.3 Å². The minimum Gasteiger partial charge on any atom is -0.349 e. The van der Waals surface area contributed by atoms with E-state index in [1.165, 1.54) is 5.56 Å². The van der Waals surface area contributed by atoms with Crippen molar-refractivity contribution in [2.45, 2.75) is 45.1 Å². The van der Waals surface area contributed by atoms with E-state index in [1.807, 2.05) is 18.2 Å². The summed E-state index contributed by atoms with van der Waals surface area (Å²) in [5.41, 5.74) is 4.80. The molecule has 1 N–H and O–H groups in total. The summed E-state index contributed by atoms with van der Waals surface area (Å²) in [5.74, 6) is -0.00829. The van der Waals surface area contributed by atoms with Crippen molar-refractivity contribution in [2.75, 3.05) is 26.2 Å². The summed E-state index contributed by atoms with van der Waals surface area (Å²) in [4.78, 5) is 14.0. The van der Waals surface area contributed by atoms with Gasteiger partial charge in [-0.15, -0.1) is 0 Å². The summed E-state index contributed by atoms with van der Waals surface area (Å²) in [6, 6.07) is 18.9. The van der Waals surface area contributed by atoms with E-state index in [-0.39, 0.29) is 23.7 Å². The predicted molar refractivity (Wildman–Crippen MR) is 122 cm³/mol. The molecule has 1 saturated heterocycles. The standard InChI is InChI=1S/C26H32N2O3/c1-26(2,3)22-11-7-8-19(14-22)18-31-25-24(21-9-5-4-6-10-21)28(12-13-30-25)17-20-15-23(29)27-16-20/h4-11,14-15,24-25H,12-13,16-18H2,1-3H3,(H,27,29)/t24-,25+/m0/s1. The van der Waals surface area contributed by atoms with Gasteiger partial charge in [-0.1, -0.05) is 75.4 Å². The zero-order chi connectivity index (χ0) is 21.8. The Morgan fingerprint density at radius 3 is 2.65 bits per heavy atom. The van der Waals surface area contributed by atoms with Crippen LogP contribution in [-0.2, 0) is 26.3 Å². The number of nitrogens with one attached hydrogen (secondary N) is 1. The van der Waals surface area contributed by atoms with Crippen LogP contribution < -0.4 is 5.32 Å². The number of hydrogen-bond acceptors (Lipinski definition) is 4. The van der Waals surface area contributed by atoms with Gasteiger partial charge in [0.25, 0.3) is 0 Å². The maximum atomic E-state index is 11.6. The second-order valence-electron chi connectivity index (χ2n) is 9.35. The maximum Gasteiger partial charge on any atom is 0.244 e. The number of hydrogen-bond donors (Lipinski definition) is 1. The highest BCUT2D eigenvalue weighted by Gasteiger charge is 2.35. The third-order valence-electron chi connectivity index (χ3n) is 5.89. The van der Waals surface area contributed by atoms with E-state index in [1.54, 1.807) is 6.08 Å². The number of morpholine rings is 1. The largest absolute Gasteiger partial charge is 0.349 e. The third kappa shape index (κ3) is 5.42. The van der Waals surface area contributed by atoms with Gasteiger partial charge >= 0.3 is 0 Å². The first-order valence-electron chi connectivity index (χ1n) is 11.0. The molecule has 2 heterocycles. The lowest BCUT2D eigenvalue weighted by Crippen LogP contribution is -2.47. The molecule has 0 unspecified atom stereocenters. The van der Waals surface area contributed by atoms with Gasteiger partial charge in [-0.3, -0.25) is 9.69 Å². The molecule has 4 rings (SSSR count). The second kappa shape index (κ2) is 9.35. The summed E-state index contributed by atoms with van der Waals surface area (Å²) in [5, 5.41) is 2.87. The minimum atomic E-state index is -0.375. The number of rotatable bonds is 6. The Morgan fingerprint density at radius 2 is 1.94 bits per heavy atom. The molecule has 31 heavy (non-hydrogen) atoms. The highest BCUT2D eigenvalue weighted by Crippen LogP contribution is 2.32. The van der Waals surface area contributed by atoms with Crippen molar-refractivity contribution >= 4 is 5.91 Å². The van der Waals surface area contributed by atoms with E-state index in [0.717, 1.165) is 29.8 Å². The summed E-state index contributed by atoms with van der Waals surface area (Å²) in [6.45, 7) is 9.89. The first kappa shape index (κ1) is 21.8. The van der Waals surface area contributed by atoms with Crippen LogP contribution in [0.2, 0.25) is 0 Å². The average Bonchev–Trinajstić information content (AvgIpc) is 3.17. The first-order chi connectivity index (χ1) is 14.9. The molecule has 0 bridgehead atoms. The third-order valence-corrected chi connectivity index (χ3v) is 5.89. The van der Waals surface area contributed by atoms with Gasteiger partial charge in [-0.2, -0.15) is 0 Å². The van der Waals surface area contributed by atoms with E-state index < -0.39 is 0 Å². The van der Waals surface area contributed by atoms with Crippen molar-refractivity contribution in [1.82, 2.24) is 10.2 Å². The maximum absolute atomic E-state index is 11.6. The molecule has 5 heteroatoms. The lowest BCUT2D eigenvalue weighted by molar-refractivity contribution is -0.215. The molecule has 0 spiro atoms. The molecule has 1 fully saturated rings. The van der Waals surface area contributed by atoms with Crippen LogP contribution in [0.3, 0.4) is 0 Å². The van der Waals surface area contributed by atoms with Gasteiger partial charge in [0.15, 0.2) is 6.29 Å². The highest BCUT2D eigenvalue weighted by molar-refractivity contribution is 5.91. The molecule has 0 radical (unpaired) electrons. The molecular weight excluding hydrogens is 388 g/mol.